The van der Waals surface area contributed by atoms with E-state index in [2.05, 4.69) is 45.7 Å². The lowest BCUT2D eigenvalue weighted by Gasteiger charge is -2.40. The molecule has 0 radical (unpaired) electrons. The van der Waals surface area contributed by atoms with Gasteiger partial charge in [0.25, 0.3) is 11.8 Å². The molecule has 32 heteroatoms. The van der Waals surface area contributed by atoms with Gasteiger partial charge in [-0.05, 0) is 226 Å². The highest BCUT2D eigenvalue weighted by Crippen LogP contribution is 2.30. The number of carboxylic acid groups (broad SMARTS) is 1. The number of hydrogen-bond donors (Lipinski definition) is 10. The second kappa shape index (κ2) is 66.3. The van der Waals surface area contributed by atoms with Gasteiger partial charge in [0, 0.05) is 44.6 Å². The predicted octanol–water partition coefficient (Wildman–Crippen LogP) is 17.0. The third-order valence-corrected chi connectivity index (χ3v) is 21.4. The number of aliphatic carboxylic acids is 1. The fourth-order valence-electron chi connectivity index (χ4n) is 13.9. The van der Waals surface area contributed by atoms with Crippen molar-refractivity contribution in [3.8, 4) is 0 Å². The molecule has 0 rings (SSSR count). The summed E-state index contributed by atoms with van der Waals surface area (Å²) >= 11 is 4.96. The van der Waals surface area contributed by atoms with Crippen LogP contribution in [0, 0.1) is 0 Å². The molecule has 0 aromatic carbocycles. The molecule has 0 heterocycles. The number of rotatable bonds is 69. The van der Waals surface area contributed by atoms with Crippen molar-refractivity contribution in [3.63, 3.8) is 0 Å². The molecule has 0 aromatic heterocycles. The number of imide groups is 2. The Balaban J connectivity index is 7.93. The van der Waals surface area contributed by atoms with Gasteiger partial charge in [0.2, 0.25) is 23.6 Å². The highest BCUT2D eigenvalue weighted by molar-refractivity contribution is 7.81. The summed E-state index contributed by atoms with van der Waals surface area (Å²) < 4.78 is 39.6. The van der Waals surface area contributed by atoms with Crippen LogP contribution in [0.15, 0.2) is 0 Å². The topological polar surface area (TPSA) is 437 Å². The SMILES string of the molecule is CCCCCCCCCCCCCCCC(=O)OCCC[C@@H](S)[C@](N)(CCCOC(=O)CCCCCCCCCCCCCCC)C(=O)N(C(C)=O)[C@H](COC(C)(C)C)C(=O)N[C@@H](CCCCNC(=O)OC(C)(C)C)C(=O)N[C@@H](CCCCN(C(=O)OC(C)(C)C)C(=O)[C@H](CCCCN)NC(=O)OC(C)(C)C)C(=O)N[C@@H](CCCCNC(=O)OC(C)(C)C)C(=O)O. The monoisotopic (exact) mass is 1810 g/mol. The largest absolute Gasteiger partial charge is 0.480 e. The number of carboxylic acids is 1. The molecule has 732 valence electrons. The number of carbonyl (C=O) groups excluding carboxylic acids is 12. The molecule has 0 bridgehead atoms. The number of hydrogen-bond acceptors (Lipinski definition) is 23. The molecule has 10 amide bonds. The van der Waals surface area contributed by atoms with Crippen molar-refractivity contribution in [1.82, 2.24) is 41.7 Å². The van der Waals surface area contributed by atoms with Crippen molar-refractivity contribution in [3.05, 3.63) is 0 Å². The minimum absolute atomic E-state index is 0.00269. The normalized spacial score (nSPS) is 13.8. The first kappa shape index (κ1) is 119. The van der Waals surface area contributed by atoms with E-state index in [-0.39, 0.29) is 148 Å². The number of nitrogens with two attached hydrogens (primary N) is 2. The molecule has 31 nitrogen and oxygen atoms in total. The smallest absolute Gasteiger partial charge is 0.417 e. The van der Waals surface area contributed by atoms with Crippen LogP contribution in [0.2, 0.25) is 0 Å². The maximum absolute atomic E-state index is 15.8. The van der Waals surface area contributed by atoms with E-state index in [9.17, 15) is 53.1 Å². The molecule has 0 fully saturated rings. The summed E-state index contributed by atoms with van der Waals surface area (Å²) in [5.41, 5.74) is 6.28. The third-order valence-electron chi connectivity index (χ3n) is 20.7. The number of alkyl carbamates (subject to hydrolysis) is 3. The van der Waals surface area contributed by atoms with Gasteiger partial charge in [0.1, 0.15) is 58.2 Å². The lowest BCUT2D eigenvalue weighted by atomic mass is 9.85. The van der Waals surface area contributed by atoms with Crippen LogP contribution in [0.4, 0.5) is 19.2 Å². The molecule has 0 aliphatic carbocycles. The Kier molecular flexibility index (Phi) is 62.6. The van der Waals surface area contributed by atoms with Gasteiger partial charge >= 0.3 is 42.3 Å². The zero-order valence-electron chi connectivity index (χ0n) is 81.1. The third kappa shape index (κ3) is 61.4. The number of unbranched alkanes of at least 4 members (excludes halogenated alkanes) is 28. The Morgan fingerprint density at radius 1 is 0.397 bits per heavy atom. The fourth-order valence-corrected chi connectivity index (χ4v) is 14.3. The Labute approximate surface area is 762 Å². The number of ether oxygens (including phenoxy) is 7. The van der Waals surface area contributed by atoms with E-state index in [0.29, 0.717) is 30.6 Å². The fraction of sp³-hybridized carbons (Fsp3) is 0.862. The standard InChI is InChI=1S/C94H174N10O21S/c1-19-21-23-25-27-29-31-33-35-37-39-41-43-60-77(106)119-67-53-59-76(126)94(96,62-54-68-120-78(107)61-44-42-40-38-36-34-32-30-28-26-24-22-20-2)84(114)104(70(3)105)75(69-121-89(4,5)6)81(110)100-72(55-46-50-64-97-85(115)122-90(7,8)9)79(108)99-71(80(109)101-74(83(112)113)58-47-51-65-98-86(116)123-91(10,11)12)56-48-52-66-103(88(118)125-93(16,17)18)82(111)73(57-45-49-63-95)102-87(117)124-92(13,14)15/h71-76,126H,19-69,95-96H2,1-18H3,(H,97,115)(H,98,116)(H,99,108)(H,100,110)(H,101,109)(H,102,117)(H,112,113)/t71-,72-,73-,74-,75+,76+,94+/m0/s1. The van der Waals surface area contributed by atoms with Gasteiger partial charge in [-0.1, -0.05) is 168 Å². The molecule has 0 aliphatic rings. The lowest BCUT2D eigenvalue weighted by Crippen LogP contribution is -2.67. The van der Waals surface area contributed by atoms with Gasteiger partial charge in [-0.3, -0.25) is 43.3 Å². The molecule has 0 unspecified atom stereocenters. The number of carbonyl (C=O) groups is 13. The van der Waals surface area contributed by atoms with E-state index >= 15 is 14.4 Å². The lowest BCUT2D eigenvalue weighted by molar-refractivity contribution is -0.159. The van der Waals surface area contributed by atoms with Crippen molar-refractivity contribution in [2.45, 2.75) is 476 Å². The second-order valence-corrected chi connectivity index (χ2v) is 39.3. The summed E-state index contributed by atoms with van der Waals surface area (Å²) in [4.78, 5) is 185. The van der Waals surface area contributed by atoms with Crippen LogP contribution in [-0.2, 0) is 76.3 Å². The second-order valence-electron chi connectivity index (χ2n) is 38.7. The Hall–Kier alpha value is -7.06. The van der Waals surface area contributed by atoms with Gasteiger partial charge in [-0.15, -0.1) is 0 Å². The first-order chi connectivity index (χ1) is 59.1. The van der Waals surface area contributed by atoms with Gasteiger partial charge in [-0.25, -0.2) is 28.9 Å². The summed E-state index contributed by atoms with van der Waals surface area (Å²) in [7, 11) is 0. The quantitative estimate of drug-likeness (QED) is 0.0117. The summed E-state index contributed by atoms with van der Waals surface area (Å²) in [6, 6.07) is -8.06. The van der Waals surface area contributed by atoms with Crippen LogP contribution in [0.25, 0.3) is 0 Å². The van der Waals surface area contributed by atoms with Crippen LogP contribution < -0.4 is 43.4 Å². The molecule has 0 aromatic rings. The first-order valence-corrected chi connectivity index (χ1v) is 48.2. The van der Waals surface area contributed by atoms with Gasteiger partial charge in [0.15, 0.2) is 0 Å². The minimum atomic E-state index is -2.11. The molecular formula is C94H174N10O21S. The number of nitrogens with zero attached hydrogens (tertiary/aromatic N) is 2. The van der Waals surface area contributed by atoms with Crippen molar-refractivity contribution >= 4 is 90.4 Å². The number of thiol groups is 1. The highest BCUT2D eigenvalue weighted by atomic mass is 32.1. The van der Waals surface area contributed by atoms with Crippen LogP contribution >= 0.6 is 12.6 Å². The first-order valence-electron chi connectivity index (χ1n) is 47.7. The summed E-state index contributed by atoms with van der Waals surface area (Å²) in [6.45, 7) is 29.5. The van der Waals surface area contributed by atoms with Crippen molar-refractivity contribution in [2.75, 3.05) is 46.0 Å². The maximum atomic E-state index is 15.8. The zero-order valence-corrected chi connectivity index (χ0v) is 82.0. The Morgan fingerprint density at radius 2 is 0.762 bits per heavy atom. The van der Waals surface area contributed by atoms with E-state index in [4.69, 9.17) is 57.3 Å². The molecule has 126 heavy (non-hydrogen) atoms. The summed E-state index contributed by atoms with van der Waals surface area (Å²) in [6.07, 6.45) is 27.3. The van der Waals surface area contributed by atoms with E-state index < -0.39 is 147 Å². The molecule has 0 saturated carbocycles. The van der Waals surface area contributed by atoms with Crippen LogP contribution in [-0.4, -0.2) is 208 Å². The Morgan fingerprint density at radius 3 is 1.16 bits per heavy atom. The van der Waals surface area contributed by atoms with E-state index in [1.165, 1.54) is 103 Å². The van der Waals surface area contributed by atoms with Crippen LogP contribution in [0.3, 0.4) is 0 Å². The van der Waals surface area contributed by atoms with E-state index in [1.54, 1.807) is 104 Å². The molecule has 0 saturated heterocycles. The molecular weight excluding hydrogens is 1640 g/mol. The number of amides is 10. The number of esters is 2. The minimum Gasteiger partial charge on any atom is -0.480 e. The van der Waals surface area contributed by atoms with E-state index in [0.717, 1.165) is 63.2 Å². The molecule has 0 aliphatic heterocycles. The maximum Gasteiger partial charge on any atom is 0.417 e. The summed E-state index contributed by atoms with van der Waals surface area (Å²) in [5.74, 6) is -8.28. The van der Waals surface area contributed by atoms with E-state index in [1.807, 2.05) is 0 Å². The molecule has 0 spiro atoms. The molecule has 7 atom stereocenters. The Bertz CT molecular complexity index is 3130. The summed E-state index contributed by atoms with van der Waals surface area (Å²) in [5, 5.41) is 25.4. The number of nitrogens with one attached hydrogen (secondary N) is 6. The van der Waals surface area contributed by atoms with Crippen molar-refractivity contribution in [1.29, 1.82) is 0 Å². The van der Waals surface area contributed by atoms with Gasteiger partial charge in [0.05, 0.1) is 25.4 Å². The van der Waals surface area contributed by atoms with Crippen molar-refractivity contribution < 1.29 is 101 Å². The van der Waals surface area contributed by atoms with Crippen LogP contribution in [0.1, 0.15) is 407 Å². The van der Waals surface area contributed by atoms with Crippen LogP contribution in [0.5, 0.6) is 0 Å². The van der Waals surface area contributed by atoms with Crippen molar-refractivity contribution in [2.24, 2.45) is 11.5 Å². The average Bonchev–Trinajstić information content (AvgIpc) is 0.786. The molecule has 11 N–H and O–H groups in total. The van der Waals surface area contributed by atoms with Gasteiger partial charge < -0.3 is 81.6 Å². The predicted molar refractivity (Wildman–Crippen MR) is 495 cm³/mol. The highest BCUT2D eigenvalue weighted by Gasteiger charge is 2.48. The zero-order chi connectivity index (χ0) is 95.4. The van der Waals surface area contributed by atoms with Gasteiger partial charge in [-0.2, -0.15) is 12.6 Å². The average molecular weight is 1810 g/mol.